The van der Waals surface area contributed by atoms with Crippen LogP contribution in [0.3, 0.4) is 0 Å². The summed E-state index contributed by atoms with van der Waals surface area (Å²) in [5.74, 6) is 0.866. The summed E-state index contributed by atoms with van der Waals surface area (Å²) in [5.41, 5.74) is 2.89. The van der Waals surface area contributed by atoms with Gasteiger partial charge < -0.3 is 0 Å². The van der Waals surface area contributed by atoms with Gasteiger partial charge in [0.2, 0.25) is 0 Å². The maximum atomic E-state index is 3.95. The van der Waals surface area contributed by atoms with E-state index < -0.39 is 0 Å². The van der Waals surface area contributed by atoms with E-state index in [-0.39, 0.29) is 0 Å². The Labute approximate surface area is 103 Å². The molecule has 0 radical (unpaired) electrons. The van der Waals surface area contributed by atoms with Crippen molar-refractivity contribution in [3.05, 3.63) is 23.8 Å². The van der Waals surface area contributed by atoms with E-state index in [1.54, 1.807) is 5.57 Å². The first-order chi connectivity index (χ1) is 7.56. The fraction of sp³-hybridized carbons (Fsp3) is 0.750. The van der Waals surface area contributed by atoms with Crippen molar-refractivity contribution >= 4 is 0 Å². The zero-order valence-corrected chi connectivity index (χ0v) is 11.8. The van der Waals surface area contributed by atoms with E-state index in [1.165, 1.54) is 50.5 Å². The Kier molecular flexibility index (Phi) is 9.37. The normalized spacial score (nSPS) is 13.9. The monoisotopic (exact) mass is 222 g/mol. The van der Waals surface area contributed by atoms with Crippen molar-refractivity contribution < 1.29 is 0 Å². The summed E-state index contributed by atoms with van der Waals surface area (Å²) in [6, 6.07) is 0. The second-order valence-corrected chi connectivity index (χ2v) is 5.33. The fourth-order valence-electron chi connectivity index (χ4n) is 2.01. The first kappa shape index (κ1) is 15.5. The predicted molar refractivity (Wildman–Crippen MR) is 75.7 cm³/mol. The molecule has 0 aliphatic heterocycles. The molecule has 0 aromatic heterocycles. The van der Waals surface area contributed by atoms with Gasteiger partial charge in [0.05, 0.1) is 0 Å². The summed E-state index contributed by atoms with van der Waals surface area (Å²) in [4.78, 5) is 0. The first-order valence-corrected chi connectivity index (χ1v) is 6.86. The zero-order chi connectivity index (χ0) is 12.4. The summed E-state index contributed by atoms with van der Waals surface area (Å²) in [5, 5.41) is 0. The third-order valence-electron chi connectivity index (χ3n) is 3.10. The topological polar surface area (TPSA) is 0 Å². The van der Waals surface area contributed by atoms with Crippen LogP contribution in [0, 0.1) is 5.92 Å². The van der Waals surface area contributed by atoms with E-state index in [2.05, 4.69) is 40.3 Å². The minimum absolute atomic E-state index is 0.866. The molecule has 0 spiro atoms. The smallest absolute Gasteiger partial charge is 0.0326 e. The second kappa shape index (κ2) is 9.69. The van der Waals surface area contributed by atoms with Crippen molar-refractivity contribution in [1.29, 1.82) is 0 Å². The van der Waals surface area contributed by atoms with E-state index in [1.807, 2.05) is 0 Å². The van der Waals surface area contributed by atoms with E-state index in [9.17, 15) is 0 Å². The predicted octanol–water partition coefficient (Wildman–Crippen LogP) is 5.90. The van der Waals surface area contributed by atoms with Crippen molar-refractivity contribution in [2.45, 2.75) is 72.6 Å². The molecule has 0 aromatic carbocycles. The summed E-state index contributed by atoms with van der Waals surface area (Å²) in [6.45, 7) is 13.0. The Morgan fingerprint density at radius 3 is 2.44 bits per heavy atom. The molecule has 0 nitrogen and oxygen atoms in total. The Bertz CT molecular complexity index is 210. The molecule has 0 aliphatic carbocycles. The van der Waals surface area contributed by atoms with Crippen LogP contribution in [0.2, 0.25) is 0 Å². The van der Waals surface area contributed by atoms with Crippen LogP contribution >= 0.6 is 0 Å². The van der Waals surface area contributed by atoms with Crippen molar-refractivity contribution in [3.8, 4) is 0 Å². The van der Waals surface area contributed by atoms with Crippen LogP contribution in [0.15, 0.2) is 23.8 Å². The quantitative estimate of drug-likeness (QED) is 0.426. The largest absolute Gasteiger partial charge is 0.100 e. The van der Waals surface area contributed by atoms with Crippen LogP contribution in [-0.4, -0.2) is 0 Å². The summed E-state index contributed by atoms with van der Waals surface area (Å²) >= 11 is 0. The first-order valence-electron chi connectivity index (χ1n) is 6.86. The highest BCUT2D eigenvalue weighted by Gasteiger charge is 2.01. The average molecular weight is 222 g/mol. The molecular weight excluding hydrogens is 192 g/mol. The molecule has 16 heavy (non-hydrogen) atoms. The molecule has 0 saturated carbocycles. The van der Waals surface area contributed by atoms with Crippen LogP contribution in [0.5, 0.6) is 0 Å². The second-order valence-electron chi connectivity index (χ2n) is 5.33. The van der Waals surface area contributed by atoms with Crippen molar-refractivity contribution in [1.82, 2.24) is 0 Å². The molecule has 1 unspecified atom stereocenters. The van der Waals surface area contributed by atoms with Gasteiger partial charge in [-0.3, -0.25) is 0 Å². The van der Waals surface area contributed by atoms with Crippen molar-refractivity contribution in [3.63, 3.8) is 0 Å². The molecule has 0 rings (SSSR count). The minimum atomic E-state index is 0.866. The van der Waals surface area contributed by atoms with E-state index >= 15 is 0 Å². The zero-order valence-electron chi connectivity index (χ0n) is 11.8. The van der Waals surface area contributed by atoms with E-state index in [4.69, 9.17) is 0 Å². The lowest BCUT2D eigenvalue weighted by atomic mass is 9.97. The molecule has 0 bridgehead atoms. The third-order valence-corrected chi connectivity index (χ3v) is 3.10. The number of allylic oxidation sites excluding steroid dienone is 3. The molecule has 1 atom stereocenters. The average Bonchev–Trinajstić information content (AvgIpc) is 2.17. The number of hydrogen-bond donors (Lipinski definition) is 0. The Morgan fingerprint density at radius 2 is 1.88 bits per heavy atom. The van der Waals surface area contributed by atoms with E-state index in [0.29, 0.717) is 0 Å². The Balaban J connectivity index is 3.53. The summed E-state index contributed by atoms with van der Waals surface area (Å²) in [7, 11) is 0. The molecule has 0 amide bonds. The van der Waals surface area contributed by atoms with Gasteiger partial charge in [-0.25, -0.2) is 0 Å². The lowest BCUT2D eigenvalue weighted by Crippen LogP contribution is -1.94. The van der Waals surface area contributed by atoms with Crippen LogP contribution < -0.4 is 0 Å². The molecular formula is C16H30. The standard InChI is InChI=1S/C16H30/c1-6-9-15(4)12-8-13-16(5)11-7-10-14(2)3/h12,16H,2,6-11,13H2,1,3-5H3. The highest BCUT2D eigenvalue weighted by molar-refractivity contribution is 4.97. The van der Waals surface area contributed by atoms with Gasteiger partial charge in [0.25, 0.3) is 0 Å². The Morgan fingerprint density at radius 1 is 1.19 bits per heavy atom. The highest BCUT2D eigenvalue weighted by Crippen LogP contribution is 2.17. The van der Waals surface area contributed by atoms with Gasteiger partial charge in [0.15, 0.2) is 0 Å². The van der Waals surface area contributed by atoms with Gasteiger partial charge in [-0.2, -0.15) is 0 Å². The third kappa shape index (κ3) is 10.0. The summed E-state index contributed by atoms with van der Waals surface area (Å²) in [6.07, 6.45) is 11.5. The fourth-order valence-corrected chi connectivity index (χ4v) is 2.01. The van der Waals surface area contributed by atoms with Crippen LogP contribution in [0.4, 0.5) is 0 Å². The highest BCUT2D eigenvalue weighted by atomic mass is 14.1. The van der Waals surface area contributed by atoms with Gasteiger partial charge in [-0.15, -0.1) is 6.58 Å². The van der Waals surface area contributed by atoms with Crippen molar-refractivity contribution in [2.75, 3.05) is 0 Å². The van der Waals surface area contributed by atoms with Crippen LogP contribution in [-0.2, 0) is 0 Å². The van der Waals surface area contributed by atoms with Gasteiger partial charge in [-0.05, 0) is 51.9 Å². The molecule has 0 heteroatoms. The van der Waals surface area contributed by atoms with Crippen LogP contribution in [0.1, 0.15) is 72.6 Å². The van der Waals surface area contributed by atoms with E-state index in [0.717, 1.165) is 5.92 Å². The van der Waals surface area contributed by atoms with Crippen molar-refractivity contribution in [2.24, 2.45) is 5.92 Å². The molecule has 0 heterocycles. The van der Waals surface area contributed by atoms with Gasteiger partial charge in [0, 0.05) is 0 Å². The number of rotatable bonds is 9. The molecule has 0 saturated heterocycles. The Hall–Kier alpha value is -0.520. The molecule has 94 valence electrons. The number of hydrogen-bond acceptors (Lipinski definition) is 0. The SMILES string of the molecule is C=C(C)CCCC(C)CCC=C(C)CCC. The maximum absolute atomic E-state index is 3.95. The minimum Gasteiger partial charge on any atom is -0.100 e. The van der Waals surface area contributed by atoms with Gasteiger partial charge in [0.1, 0.15) is 0 Å². The van der Waals surface area contributed by atoms with Gasteiger partial charge in [-0.1, -0.05) is 43.9 Å². The van der Waals surface area contributed by atoms with Gasteiger partial charge >= 0.3 is 0 Å². The summed E-state index contributed by atoms with van der Waals surface area (Å²) < 4.78 is 0. The molecule has 0 aliphatic rings. The molecule has 0 fully saturated rings. The van der Waals surface area contributed by atoms with Crippen LogP contribution in [0.25, 0.3) is 0 Å². The molecule has 0 aromatic rings. The molecule has 0 N–H and O–H groups in total. The lowest BCUT2D eigenvalue weighted by molar-refractivity contribution is 0.478. The lowest BCUT2D eigenvalue weighted by Gasteiger charge is -2.09. The maximum Gasteiger partial charge on any atom is -0.0326 e.